The molecule has 1 atom stereocenters. The van der Waals surface area contributed by atoms with Gasteiger partial charge in [0, 0.05) is 18.1 Å². The van der Waals surface area contributed by atoms with Gasteiger partial charge in [-0.15, -0.1) is 6.58 Å². The fraction of sp³-hybridized carbons (Fsp3) is 0.667. The Morgan fingerprint density at radius 2 is 2.24 bits per heavy atom. The summed E-state index contributed by atoms with van der Waals surface area (Å²) in [5.41, 5.74) is 0. The van der Waals surface area contributed by atoms with E-state index in [1.54, 1.807) is 16.7 Å². The Balaban J connectivity index is 1.84. The van der Waals surface area contributed by atoms with Gasteiger partial charge in [-0.25, -0.2) is 0 Å². The Bertz CT molecular complexity index is 328. The van der Waals surface area contributed by atoms with E-state index in [-0.39, 0.29) is 24.4 Å². The van der Waals surface area contributed by atoms with Gasteiger partial charge in [0.05, 0.1) is 6.54 Å². The lowest BCUT2D eigenvalue weighted by molar-refractivity contribution is -0.144. The highest BCUT2D eigenvalue weighted by Crippen LogP contribution is 2.34. The first-order chi connectivity index (χ1) is 8.22. The van der Waals surface area contributed by atoms with Gasteiger partial charge in [-0.3, -0.25) is 9.59 Å². The molecule has 0 aromatic carbocycles. The quantitative estimate of drug-likeness (QED) is 0.559. The van der Waals surface area contributed by atoms with Crippen molar-refractivity contribution in [3.63, 3.8) is 0 Å². The summed E-state index contributed by atoms with van der Waals surface area (Å²) in [6.07, 6.45) is 3.98. The van der Waals surface area contributed by atoms with Crippen LogP contribution in [0.3, 0.4) is 0 Å². The fourth-order valence-corrected chi connectivity index (χ4v) is 2.69. The zero-order chi connectivity index (χ0) is 12.3. The number of carbonyl (C=O) groups is 2. The van der Waals surface area contributed by atoms with Crippen molar-refractivity contribution < 1.29 is 9.59 Å². The van der Waals surface area contributed by atoms with E-state index in [0.717, 1.165) is 24.3 Å². The highest BCUT2D eigenvalue weighted by Gasteiger charge is 2.42. The van der Waals surface area contributed by atoms with Gasteiger partial charge in [-0.05, 0) is 18.8 Å². The van der Waals surface area contributed by atoms with E-state index in [9.17, 15) is 9.59 Å². The highest BCUT2D eigenvalue weighted by molar-refractivity contribution is 7.99. The minimum atomic E-state index is -0.249. The van der Waals surface area contributed by atoms with Crippen LogP contribution in [0.25, 0.3) is 0 Å². The Hall–Kier alpha value is -0.970. The lowest BCUT2D eigenvalue weighted by atomic mass is 10.1. The predicted octanol–water partition coefficient (Wildman–Crippen LogP) is 0.643. The van der Waals surface area contributed by atoms with E-state index in [1.165, 1.54) is 0 Å². The van der Waals surface area contributed by atoms with Crippen molar-refractivity contribution in [2.45, 2.75) is 18.9 Å². The van der Waals surface area contributed by atoms with Crippen LogP contribution in [0.15, 0.2) is 12.7 Å². The number of piperazine rings is 1. The molecule has 0 spiro atoms. The number of nitrogens with one attached hydrogen (secondary N) is 1. The predicted molar refractivity (Wildman–Crippen MR) is 68.8 cm³/mol. The maximum absolute atomic E-state index is 12.1. The van der Waals surface area contributed by atoms with Crippen LogP contribution in [0.1, 0.15) is 12.8 Å². The number of hydrogen-bond acceptors (Lipinski definition) is 3. The molecule has 1 aliphatic carbocycles. The minimum absolute atomic E-state index is 0.0183. The summed E-state index contributed by atoms with van der Waals surface area (Å²) < 4.78 is 0. The molecule has 1 heterocycles. The van der Waals surface area contributed by atoms with Crippen LogP contribution >= 0.6 is 11.8 Å². The summed E-state index contributed by atoms with van der Waals surface area (Å²) in [7, 11) is 0. The molecule has 0 bridgehead atoms. The lowest BCUT2D eigenvalue weighted by Gasteiger charge is -2.32. The number of hydrogen-bond donors (Lipinski definition) is 1. The molecule has 2 rings (SSSR count). The molecule has 0 aromatic rings. The van der Waals surface area contributed by atoms with Crippen molar-refractivity contribution in [3.05, 3.63) is 12.7 Å². The SMILES string of the molecule is C=CCSCCN1CC(=O)NC(C2CC2)C1=O. The largest absolute Gasteiger partial charge is 0.342 e. The summed E-state index contributed by atoms with van der Waals surface area (Å²) in [6.45, 7) is 4.53. The first kappa shape index (κ1) is 12.5. The average Bonchev–Trinajstić information content (AvgIpc) is 3.12. The third kappa shape index (κ3) is 3.25. The first-order valence-corrected chi connectivity index (χ1v) is 7.14. The van der Waals surface area contributed by atoms with Crippen LogP contribution in [0.2, 0.25) is 0 Å². The average molecular weight is 254 g/mol. The van der Waals surface area contributed by atoms with E-state index in [2.05, 4.69) is 11.9 Å². The molecule has 1 unspecified atom stereocenters. The van der Waals surface area contributed by atoms with E-state index >= 15 is 0 Å². The molecule has 0 radical (unpaired) electrons. The lowest BCUT2D eigenvalue weighted by Crippen LogP contribution is -2.59. The van der Waals surface area contributed by atoms with Gasteiger partial charge in [-0.1, -0.05) is 6.08 Å². The van der Waals surface area contributed by atoms with E-state index < -0.39 is 0 Å². The van der Waals surface area contributed by atoms with Crippen molar-refractivity contribution in [1.29, 1.82) is 0 Å². The molecule has 1 saturated heterocycles. The van der Waals surface area contributed by atoms with Gasteiger partial charge in [0.25, 0.3) is 0 Å². The van der Waals surface area contributed by atoms with Gasteiger partial charge in [-0.2, -0.15) is 11.8 Å². The Morgan fingerprint density at radius 1 is 1.47 bits per heavy atom. The maximum Gasteiger partial charge on any atom is 0.245 e. The monoisotopic (exact) mass is 254 g/mol. The second-order valence-electron chi connectivity index (χ2n) is 4.51. The minimum Gasteiger partial charge on any atom is -0.342 e. The summed E-state index contributed by atoms with van der Waals surface area (Å²) in [6, 6.07) is -0.249. The van der Waals surface area contributed by atoms with Crippen molar-refractivity contribution in [2.75, 3.05) is 24.6 Å². The van der Waals surface area contributed by atoms with Crippen LogP contribution in [0.5, 0.6) is 0 Å². The molecule has 2 amide bonds. The van der Waals surface area contributed by atoms with Crippen LogP contribution in [-0.4, -0.2) is 47.4 Å². The zero-order valence-electron chi connectivity index (χ0n) is 9.85. The van der Waals surface area contributed by atoms with Gasteiger partial charge in [0.2, 0.25) is 11.8 Å². The fourth-order valence-electron chi connectivity index (χ4n) is 2.01. The molecule has 0 aromatic heterocycles. The van der Waals surface area contributed by atoms with Crippen molar-refractivity contribution in [1.82, 2.24) is 10.2 Å². The van der Waals surface area contributed by atoms with Crippen molar-refractivity contribution in [2.24, 2.45) is 5.92 Å². The Labute approximate surface area is 106 Å². The Morgan fingerprint density at radius 3 is 2.88 bits per heavy atom. The maximum atomic E-state index is 12.1. The molecule has 1 aliphatic heterocycles. The molecule has 17 heavy (non-hydrogen) atoms. The summed E-state index contributed by atoms with van der Waals surface area (Å²) in [5.74, 6) is 2.22. The summed E-state index contributed by atoms with van der Waals surface area (Å²) >= 11 is 1.73. The van der Waals surface area contributed by atoms with E-state index in [0.29, 0.717) is 12.5 Å². The standard InChI is InChI=1S/C12H18N2O2S/c1-2-6-17-7-5-14-8-10(15)13-11(12(14)16)9-3-4-9/h2,9,11H,1,3-8H2,(H,13,15). The zero-order valence-corrected chi connectivity index (χ0v) is 10.7. The molecule has 2 aliphatic rings. The normalized spacial score (nSPS) is 24.7. The van der Waals surface area contributed by atoms with Crippen molar-refractivity contribution >= 4 is 23.6 Å². The highest BCUT2D eigenvalue weighted by atomic mass is 32.2. The molecule has 2 fully saturated rings. The van der Waals surface area contributed by atoms with Gasteiger partial charge < -0.3 is 10.2 Å². The number of amides is 2. The molecular formula is C12H18N2O2S. The van der Waals surface area contributed by atoms with Crippen LogP contribution in [0, 0.1) is 5.92 Å². The van der Waals surface area contributed by atoms with E-state index in [1.807, 2.05) is 6.08 Å². The number of thioether (sulfide) groups is 1. The van der Waals surface area contributed by atoms with Gasteiger partial charge >= 0.3 is 0 Å². The second-order valence-corrected chi connectivity index (χ2v) is 5.66. The number of rotatable bonds is 6. The first-order valence-electron chi connectivity index (χ1n) is 5.99. The molecular weight excluding hydrogens is 236 g/mol. The van der Waals surface area contributed by atoms with Gasteiger partial charge in [0.1, 0.15) is 6.04 Å². The molecule has 1 N–H and O–H groups in total. The number of carbonyl (C=O) groups excluding carboxylic acids is 2. The van der Waals surface area contributed by atoms with Crippen LogP contribution in [-0.2, 0) is 9.59 Å². The molecule has 4 nitrogen and oxygen atoms in total. The topological polar surface area (TPSA) is 49.4 Å². The van der Waals surface area contributed by atoms with Crippen LogP contribution in [0.4, 0.5) is 0 Å². The smallest absolute Gasteiger partial charge is 0.245 e. The molecule has 94 valence electrons. The van der Waals surface area contributed by atoms with Gasteiger partial charge in [0.15, 0.2) is 0 Å². The Kier molecular flexibility index (Phi) is 4.10. The molecule has 1 saturated carbocycles. The third-order valence-corrected chi connectivity index (χ3v) is 4.01. The third-order valence-electron chi connectivity index (χ3n) is 3.06. The van der Waals surface area contributed by atoms with Crippen molar-refractivity contribution in [3.8, 4) is 0 Å². The number of nitrogens with zero attached hydrogens (tertiary/aromatic N) is 1. The summed E-state index contributed by atoms with van der Waals surface area (Å²) in [4.78, 5) is 25.3. The second kappa shape index (κ2) is 5.58. The van der Waals surface area contributed by atoms with Crippen LogP contribution < -0.4 is 5.32 Å². The molecule has 5 heteroatoms. The van der Waals surface area contributed by atoms with E-state index in [4.69, 9.17) is 0 Å². The summed E-state index contributed by atoms with van der Waals surface area (Å²) in [5, 5.41) is 2.81.